The van der Waals surface area contributed by atoms with Crippen molar-refractivity contribution in [3.05, 3.63) is 77.1 Å². The fraction of sp³-hybridized carbons (Fsp3) is 0.393. The summed E-state index contributed by atoms with van der Waals surface area (Å²) in [7, 11) is 0. The van der Waals surface area contributed by atoms with Gasteiger partial charge in [-0.3, -0.25) is 14.7 Å². The molecule has 3 aliphatic rings. The Bertz CT molecular complexity index is 1360. The minimum Gasteiger partial charge on any atom is -0.487 e. The number of imide groups is 1. The number of aromatic amines is 1. The van der Waals surface area contributed by atoms with Crippen LogP contribution in [0, 0.1) is 5.92 Å². The molecule has 1 spiro atoms. The number of hydrogen-bond donors (Lipinski definition) is 1. The number of nitrogens with one attached hydrogen (secondary N) is 1. The molecule has 2 aliphatic carbocycles. The first kappa shape index (κ1) is 24.1. The Morgan fingerprint density at radius 3 is 2.79 bits per heavy atom. The summed E-state index contributed by atoms with van der Waals surface area (Å²) in [5.74, 6) is 0.325. The highest BCUT2D eigenvalue weighted by Gasteiger charge is 2.58. The van der Waals surface area contributed by atoms with Crippen LogP contribution >= 0.6 is 0 Å². The van der Waals surface area contributed by atoms with Crippen molar-refractivity contribution in [1.82, 2.24) is 25.2 Å². The van der Waals surface area contributed by atoms with E-state index in [4.69, 9.17) is 9.47 Å². The minimum absolute atomic E-state index is 0.0215. The average Bonchev–Trinajstić information content (AvgIpc) is 3.45. The number of benzene rings is 2. The van der Waals surface area contributed by atoms with Gasteiger partial charge in [0.25, 0.3) is 5.91 Å². The third-order valence-electron chi connectivity index (χ3n) is 7.79. The Balaban J connectivity index is 1.18. The van der Waals surface area contributed by atoms with Crippen LogP contribution in [0.2, 0.25) is 0 Å². The van der Waals surface area contributed by atoms with Crippen LogP contribution in [0.1, 0.15) is 48.6 Å². The van der Waals surface area contributed by atoms with Crippen LogP contribution in [-0.2, 0) is 39.5 Å². The van der Waals surface area contributed by atoms with Crippen molar-refractivity contribution in [3.63, 3.8) is 0 Å². The molecule has 2 unspecified atom stereocenters. The maximum Gasteiger partial charge on any atom is 0.418 e. The molecule has 6 rings (SSSR count). The smallest absolute Gasteiger partial charge is 0.418 e. The SMILES string of the molecule is CC(C1CC1)N(Cc1ccccc1)C(=O)CN1C(=O)OC2(CCc3cc(OCc4c[nH]nn4)ccc32)C1=O. The largest absolute Gasteiger partial charge is 0.487 e. The van der Waals surface area contributed by atoms with Gasteiger partial charge in [-0.2, -0.15) is 0 Å². The Morgan fingerprint density at radius 1 is 1.24 bits per heavy atom. The number of ether oxygens (including phenoxy) is 2. The van der Waals surface area contributed by atoms with Crippen molar-refractivity contribution in [3.8, 4) is 5.75 Å². The van der Waals surface area contributed by atoms with Crippen LogP contribution in [0.4, 0.5) is 4.79 Å². The van der Waals surface area contributed by atoms with E-state index in [-0.39, 0.29) is 25.1 Å². The van der Waals surface area contributed by atoms with E-state index in [9.17, 15) is 14.4 Å². The van der Waals surface area contributed by atoms with Crippen molar-refractivity contribution >= 4 is 17.9 Å². The molecule has 1 aliphatic heterocycles. The molecule has 1 aromatic heterocycles. The van der Waals surface area contributed by atoms with E-state index in [1.54, 1.807) is 23.2 Å². The van der Waals surface area contributed by atoms with Gasteiger partial charge in [0, 0.05) is 30.8 Å². The molecule has 196 valence electrons. The lowest BCUT2D eigenvalue weighted by atomic mass is 9.95. The number of aryl methyl sites for hydroxylation is 1. The lowest BCUT2D eigenvalue weighted by Gasteiger charge is -2.30. The second kappa shape index (κ2) is 9.59. The summed E-state index contributed by atoms with van der Waals surface area (Å²) in [6, 6.07) is 15.2. The first-order valence-electron chi connectivity index (χ1n) is 12.9. The zero-order valence-corrected chi connectivity index (χ0v) is 21.1. The van der Waals surface area contributed by atoms with Crippen molar-refractivity contribution in [2.75, 3.05) is 6.54 Å². The Labute approximate surface area is 219 Å². The van der Waals surface area contributed by atoms with Crippen molar-refractivity contribution < 1.29 is 23.9 Å². The van der Waals surface area contributed by atoms with Crippen LogP contribution in [0.15, 0.2) is 54.7 Å². The van der Waals surface area contributed by atoms with Gasteiger partial charge in [0.15, 0.2) is 0 Å². The summed E-state index contributed by atoms with van der Waals surface area (Å²) >= 11 is 0. The number of rotatable bonds is 9. The predicted octanol–water partition coefficient (Wildman–Crippen LogP) is 3.33. The number of hydrogen-bond acceptors (Lipinski definition) is 7. The van der Waals surface area contributed by atoms with Gasteiger partial charge in [-0.25, -0.2) is 9.69 Å². The van der Waals surface area contributed by atoms with Crippen molar-refractivity contribution in [1.29, 1.82) is 0 Å². The lowest BCUT2D eigenvalue weighted by molar-refractivity contribution is -0.143. The second-order valence-corrected chi connectivity index (χ2v) is 10.2. The highest BCUT2D eigenvalue weighted by atomic mass is 16.6. The number of aromatic nitrogens is 3. The molecule has 10 nitrogen and oxygen atoms in total. The maximum absolute atomic E-state index is 13.7. The standard InChI is InChI=1S/C28H29N5O5/c1-18(20-7-8-20)32(15-19-5-3-2-4-6-19)25(34)16-33-26(35)28(38-27(33)36)12-11-21-13-23(9-10-24(21)28)37-17-22-14-29-31-30-22/h2-6,9-10,13-14,18,20H,7-8,11-12,15-17H2,1H3,(H,29,30,31). The predicted molar refractivity (Wildman–Crippen MR) is 135 cm³/mol. The lowest BCUT2D eigenvalue weighted by Crippen LogP contribution is -2.47. The molecule has 2 atom stereocenters. The molecular weight excluding hydrogens is 486 g/mol. The number of fused-ring (bicyclic) bond motifs is 2. The number of nitrogens with zero attached hydrogens (tertiary/aromatic N) is 4. The summed E-state index contributed by atoms with van der Waals surface area (Å²) in [5.41, 5.74) is 1.80. The van der Waals surface area contributed by atoms with Gasteiger partial charge in [-0.15, -0.1) is 5.10 Å². The zero-order valence-electron chi connectivity index (χ0n) is 21.1. The monoisotopic (exact) mass is 515 g/mol. The fourth-order valence-electron chi connectivity index (χ4n) is 5.47. The molecule has 1 N–H and O–H groups in total. The number of amides is 3. The molecule has 1 saturated carbocycles. The number of carbonyl (C=O) groups is 3. The van der Waals surface area contributed by atoms with E-state index in [0.717, 1.165) is 28.9 Å². The van der Waals surface area contributed by atoms with Crippen LogP contribution < -0.4 is 4.74 Å². The van der Waals surface area contributed by atoms with Crippen LogP contribution in [0.25, 0.3) is 0 Å². The number of carbonyl (C=O) groups excluding carboxylic acids is 3. The fourth-order valence-corrected chi connectivity index (χ4v) is 5.47. The molecule has 2 aromatic carbocycles. The first-order chi connectivity index (χ1) is 18.4. The van der Waals surface area contributed by atoms with Gasteiger partial charge < -0.3 is 14.4 Å². The minimum atomic E-state index is -1.40. The van der Waals surface area contributed by atoms with E-state index in [2.05, 4.69) is 15.4 Å². The summed E-state index contributed by atoms with van der Waals surface area (Å²) < 4.78 is 11.5. The molecule has 1 saturated heterocycles. The molecule has 10 heteroatoms. The molecule has 38 heavy (non-hydrogen) atoms. The molecule has 2 fully saturated rings. The summed E-state index contributed by atoms with van der Waals surface area (Å²) in [6.07, 6.45) is 3.92. The van der Waals surface area contributed by atoms with Crippen molar-refractivity contribution in [2.45, 2.75) is 57.4 Å². The summed E-state index contributed by atoms with van der Waals surface area (Å²) in [4.78, 5) is 42.9. The first-order valence-corrected chi connectivity index (χ1v) is 12.9. The van der Waals surface area contributed by atoms with E-state index >= 15 is 0 Å². The van der Waals surface area contributed by atoms with Gasteiger partial charge in [-0.05, 0) is 55.4 Å². The van der Waals surface area contributed by atoms with Crippen LogP contribution in [-0.4, -0.2) is 55.7 Å². The van der Waals surface area contributed by atoms with Gasteiger partial charge in [-0.1, -0.05) is 41.6 Å². The summed E-state index contributed by atoms with van der Waals surface area (Å²) in [6.45, 7) is 2.39. The van der Waals surface area contributed by atoms with Gasteiger partial charge in [0.05, 0.1) is 0 Å². The normalized spacial score (nSPS) is 20.9. The quantitative estimate of drug-likeness (QED) is 0.464. The Hall–Kier alpha value is -4.21. The molecular formula is C28H29N5O5. The number of H-pyrrole nitrogens is 1. The Morgan fingerprint density at radius 2 is 2.05 bits per heavy atom. The van der Waals surface area contributed by atoms with Crippen LogP contribution in [0.5, 0.6) is 5.75 Å². The average molecular weight is 516 g/mol. The van der Waals surface area contributed by atoms with Crippen molar-refractivity contribution in [2.24, 2.45) is 5.92 Å². The highest BCUT2D eigenvalue weighted by Crippen LogP contribution is 2.46. The molecule has 3 aromatic rings. The molecule has 2 heterocycles. The molecule has 0 bridgehead atoms. The summed E-state index contributed by atoms with van der Waals surface area (Å²) in [5, 5.41) is 10.2. The van der Waals surface area contributed by atoms with Crippen LogP contribution in [0.3, 0.4) is 0 Å². The highest BCUT2D eigenvalue weighted by molar-refractivity contribution is 6.06. The van der Waals surface area contributed by atoms with Gasteiger partial charge in [0.1, 0.15) is 24.6 Å². The second-order valence-electron chi connectivity index (χ2n) is 10.2. The third-order valence-corrected chi connectivity index (χ3v) is 7.79. The maximum atomic E-state index is 13.7. The Kier molecular flexibility index (Phi) is 6.09. The van der Waals surface area contributed by atoms with Gasteiger partial charge >= 0.3 is 6.09 Å². The topological polar surface area (TPSA) is 118 Å². The molecule has 3 amide bonds. The van der Waals surface area contributed by atoms with Gasteiger partial charge in [0.2, 0.25) is 11.5 Å². The van der Waals surface area contributed by atoms with E-state index in [1.165, 1.54) is 0 Å². The zero-order chi connectivity index (χ0) is 26.3. The van der Waals surface area contributed by atoms with E-state index in [1.807, 2.05) is 43.3 Å². The third kappa shape index (κ3) is 4.40. The van der Waals surface area contributed by atoms with E-state index in [0.29, 0.717) is 42.3 Å². The van der Waals surface area contributed by atoms with E-state index < -0.39 is 17.6 Å². The molecule has 0 radical (unpaired) electrons.